The smallest absolute Gasteiger partial charge is 0.338 e. The third-order valence-electron chi connectivity index (χ3n) is 6.51. The topological polar surface area (TPSA) is 98.1 Å². The molecule has 1 atom stereocenters. The molecular formula is C29H29N3O3S. The SMILES string of the molecule is COC(=O)C1=C(N)n2c(sc(=Cc3ccc(C(C)C)cc3)c2=O)=C(C#N)[C@@H]1c1ccc(C(C)C)cc1. The van der Waals surface area contributed by atoms with Gasteiger partial charge in [0.05, 0.1) is 34.8 Å². The Morgan fingerprint density at radius 3 is 2.11 bits per heavy atom. The number of nitrogens with two attached hydrogens (primary N) is 1. The number of esters is 1. The first-order valence-corrected chi connectivity index (χ1v) is 12.7. The highest BCUT2D eigenvalue weighted by atomic mass is 32.1. The van der Waals surface area contributed by atoms with Crippen molar-refractivity contribution in [2.75, 3.05) is 7.11 Å². The molecule has 2 heterocycles. The van der Waals surface area contributed by atoms with Crippen LogP contribution in [-0.4, -0.2) is 17.6 Å². The lowest BCUT2D eigenvalue weighted by Crippen LogP contribution is -2.40. The molecule has 4 rings (SSSR count). The van der Waals surface area contributed by atoms with E-state index in [0.717, 1.165) is 16.7 Å². The Bertz CT molecular complexity index is 1560. The minimum absolute atomic E-state index is 0.00941. The van der Waals surface area contributed by atoms with Crippen molar-refractivity contribution in [3.8, 4) is 6.07 Å². The highest BCUT2D eigenvalue weighted by molar-refractivity contribution is 7.07. The minimum Gasteiger partial charge on any atom is -0.466 e. The van der Waals surface area contributed by atoms with Crippen LogP contribution in [0.4, 0.5) is 0 Å². The Labute approximate surface area is 214 Å². The zero-order valence-corrected chi connectivity index (χ0v) is 21.8. The maximum atomic E-state index is 13.4. The number of nitrogens with zero attached hydrogens (tertiary/aromatic N) is 2. The highest BCUT2D eigenvalue weighted by Gasteiger charge is 2.36. The van der Waals surface area contributed by atoms with E-state index in [4.69, 9.17) is 10.5 Å². The van der Waals surface area contributed by atoms with Crippen LogP contribution in [0.2, 0.25) is 0 Å². The number of thiazole rings is 1. The Morgan fingerprint density at radius 2 is 1.61 bits per heavy atom. The van der Waals surface area contributed by atoms with E-state index in [-0.39, 0.29) is 17.0 Å². The molecule has 184 valence electrons. The summed E-state index contributed by atoms with van der Waals surface area (Å²) < 4.78 is 7.16. The van der Waals surface area contributed by atoms with E-state index in [1.807, 2.05) is 48.5 Å². The summed E-state index contributed by atoms with van der Waals surface area (Å²) in [7, 11) is 1.26. The average Bonchev–Trinajstić information content (AvgIpc) is 3.19. The van der Waals surface area contributed by atoms with Gasteiger partial charge in [-0.05, 0) is 40.2 Å². The lowest BCUT2D eigenvalue weighted by atomic mass is 9.83. The zero-order chi connectivity index (χ0) is 26.1. The molecule has 0 bridgehead atoms. The molecule has 2 aromatic carbocycles. The van der Waals surface area contributed by atoms with Crippen LogP contribution >= 0.6 is 11.3 Å². The largest absolute Gasteiger partial charge is 0.466 e. The second kappa shape index (κ2) is 10.00. The quantitative estimate of drug-likeness (QED) is 0.539. The summed E-state index contributed by atoms with van der Waals surface area (Å²) >= 11 is 1.20. The van der Waals surface area contributed by atoms with Crippen molar-refractivity contribution in [3.63, 3.8) is 0 Å². The Hall–Kier alpha value is -3.89. The monoisotopic (exact) mass is 499 g/mol. The van der Waals surface area contributed by atoms with Gasteiger partial charge in [-0.15, -0.1) is 11.3 Å². The lowest BCUT2D eigenvalue weighted by Gasteiger charge is -2.25. The van der Waals surface area contributed by atoms with E-state index in [1.165, 1.54) is 28.6 Å². The van der Waals surface area contributed by atoms with Gasteiger partial charge in [0, 0.05) is 0 Å². The predicted octanol–water partition coefficient (Wildman–Crippen LogP) is 3.76. The Balaban J connectivity index is 1.98. The summed E-state index contributed by atoms with van der Waals surface area (Å²) in [6.45, 7) is 8.44. The molecule has 0 amide bonds. The lowest BCUT2D eigenvalue weighted by molar-refractivity contribution is -0.136. The fourth-order valence-corrected chi connectivity index (χ4v) is 5.53. The van der Waals surface area contributed by atoms with Crippen molar-refractivity contribution in [1.29, 1.82) is 5.26 Å². The maximum absolute atomic E-state index is 13.4. The van der Waals surface area contributed by atoms with Gasteiger partial charge in [0.2, 0.25) is 0 Å². The van der Waals surface area contributed by atoms with Crippen LogP contribution in [0, 0.1) is 11.3 Å². The third-order valence-corrected chi connectivity index (χ3v) is 7.62. The number of carbonyl (C=O) groups excluding carboxylic acids is 1. The van der Waals surface area contributed by atoms with Crippen LogP contribution in [0.5, 0.6) is 0 Å². The van der Waals surface area contributed by atoms with Gasteiger partial charge in [-0.3, -0.25) is 9.36 Å². The number of hydrogen-bond donors (Lipinski definition) is 1. The minimum atomic E-state index is -0.736. The van der Waals surface area contributed by atoms with E-state index in [0.29, 0.717) is 26.6 Å². The van der Waals surface area contributed by atoms with Gasteiger partial charge in [0.1, 0.15) is 10.5 Å². The summed E-state index contributed by atoms with van der Waals surface area (Å²) in [5, 5.41) is 10.2. The summed E-state index contributed by atoms with van der Waals surface area (Å²) in [6.07, 6.45) is 1.79. The molecule has 0 saturated heterocycles. The first-order valence-electron chi connectivity index (χ1n) is 11.8. The molecule has 3 aromatic rings. The van der Waals surface area contributed by atoms with Crippen LogP contribution < -0.4 is 20.5 Å². The number of carbonyl (C=O) groups is 1. The standard InChI is InChI=1S/C29H29N3O3S/c1-16(2)19-8-6-18(7-9-19)14-23-27(33)32-26(31)25(29(34)35-5)24(22(15-30)28(32)36-23)21-12-10-20(11-13-21)17(3)4/h6-14,16-17,24H,31H2,1-5H3/t24-/m0/s1. The summed E-state index contributed by atoms with van der Waals surface area (Å²) in [5.41, 5.74) is 10.4. The summed E-state index contributed by atoms with van der Waals surface area (Å²) in [4.78, 5) is 26.3. The number of benzene rings is 2. The van der Waals surface area contributed by atoms with E-state index >= 15 is 0 Å². The first-order chi connectivity index (χ1) is 17.2. The van der Waals surface area contributed by atoms with Crippen LogP contribution in [0.1, 0.15) is 67.7 Å². The molecule has 0 aliphatic carbocycles. The number of hydrogen-bond acceptors (Lipinski definition) is 6. The van der Waals surface area contributed by atoms with Crippen molar-refractivity contribution in [2.24, 2.45) is 5.73 Å². The second-order valence-corrected chi connectivity index (χ2v) is 10.5. The molecule has 36 heavy (non-hydrogen) atoms. The van der Waals surface area contributed by atoms with Crippen molar-refractivity contribution >= 4 is 34.8 Å². The molecule has 1 aromatic heterocycles. The Morgan fingerprint density at radius 1 is 1.06 bits per heavy atom. The van der Waals surface area contributed by atoms with Crippen molar-refractivity contribution < 1.29 is 9.53 Å². The third kappa shape index (κ3) is 4.40. The molecule has 1 aliphatic rings. The number of fused-ring (bicyclic) bond motifs is 1. The zero-order valence-electron chi connectivity index (χ0n) is 21.0. The predicted molar refractivity (Wildman–Crippen MR) is 144 cm³/mol. The average molecular weight is 500 g/mol. The van der Waals surface area contributed by atoms with Gasteiger partial charge in [-0.25, -0.2) is 4.79 Å². The van der Waals surface area contributed by atoms with E-state index in [1.54, 1.807) is 6.08 Å². The van der Waals surface area contributed by atoms with Crippen molar-refractivity contribution in [2.45, 2.75) is 45.4 Å². The van der Waals surface area contributed by atoms with Crippen LogP contribution in [0.25, 0.3) is 17.5 Å². The number of methoxy groups -OCH3 is 1. The molecular weight excluding hydrogens is 470 g/mol. The first kappa shape index (κ1) is 25.2. The molecule has 0 unspecified atom stereocenters. The fraction of sp³-hybridized carbons (Fsp3) is 0.276. The normalized spacial score (nSPS) is 15.9. The Kier molecular flexibility index (Phi) is 7.00. The summed E-state index contributed by atoms with van der Waals surface area (Å²) in [6, 6.07) is 18.0. The molecule has 0 fully saturated rings. The molecule has 1 aliphatic heterocycles. The molecule has 0 saturated carbocycles. The van der Waals surface area contributed by atoms with Gasteiger partial charge in [0.25, 0.3) is 5.56 Å². The number of nitriles is 1. The fourth-order valence-electron chi connectivity index (χ4n) is 4.40. The van der Waals surface area contributed by atoms with Crippen molar-refractivity contribution in [3.05, 3.63) is 95.9 Å². The molecule has 6 nitrogen and oxygen atoms in total. The van der Waals surface area contributed by atoms with Gasteiger partial charge in [0.15, 0.2) is 0 Å². The second-order valence-electron chi connectivity index (χ2n) is 9.45. The summed E-state index contributed by atoms with van der Waals surface area (Å²) in [5.74, 6) is -0.679. The van der Waals surface area contributed by atoms with Gasteiger partial charge < -0.3 is 10.5 Å². The van der Waals surface area contributed by atoms with Gasteiger partial charge in [-0.1, -0.05) is 76.2 Å². The molecule has 0 radical (unpaired) electrons. The van der Waals surface area contributed by atoms with Gasteiger partial charge >= 0.3 is 5.97 Å². The van der Waals surface area contributed by atoms with Gasteiger partial charge in [-0.2, -0.15) is 5.26 Å². The van der Waals surface area contributed by atoms with Crippen LogP contribution in [0.15, 0.2) is 58.9 Å². The molecule has 0 spiro atoms. The van der Waals surface area contributed by atoms with E-state index < -0.39 is 11.9 Å². The van der Waals surface area contributed by atoms with Crippen LogP contribution in [0.3, 0.4) is 0 Å². The number of rotatable bonds is 5. The number of aromatic nitrogens is 1. The maximum Gasteiger partial charge on any atom is 0.338 e. The van der Waals surface area contributed by atoms with E-state index in [9.17, 15) is 14.9 Å². The highest BCUT2D eigenvalue weighted by Crippen LogP contribution is 2.37. The van der Waals surface area contributed by atoms with Crippen LogP contribution in [-0.2, 0) is 9.53 Å². The van der Waals surface area contributed by atoms with E-state index in [2.05, 4.69) is 33.8 Å². The number of ether oxygens (including phenoxy) is 1. The van der Waals surface area contributed by atoms with Crippen molar-refractivity contribution in [1.82, 2.24) is 4.57 Å². The molecule has 7 heteroatoms. The molecule has 2 N–H and O–H groups in total.